The zero-order chi connectivity index (χ0) is 13.0. The lowest BCUT2D eigenvalue weighted by Gasteiger charge is -2.49. The topological polar surface area (TPSA) is 50.5 Å². The Morgan fingerprint density at radius 2 is 1.78 bits per heavy atom. The Labute approximate surface area is 111 Å². The van der Waals surface area contributed by atoms with E-state index in [1.807, 2.05) is 0 Å². The second-order valence-corrected chi connectivity index (χ2v) is 6.30. The fourth-order valence-electron chi connectivity index (χ4n) is 3.63. The highest BCUT2D eigenvalue weighted by atomic mass is 16.5. The highest BCUT2D eigenvalue weighted by molar-refractivity contribution is 4.97. The van der Waals surface area contributed by atoms with Crippen molar-refractivity contribution in [3.05, 3.63) is 0 Å². The minimum Gasteiger partial charge on any atom is -0.381 e. The van der Waals surface area contributed by atoms with Crippen LogP contribution in [0.3, 0.4) is 0 Å². The van der Waals surface area contributed by atoms with Crippen molar-refractivity contribution in [1.82, 2.24) is 10.3 Å². The molecule has 0 bridgehead atoms. The molecule has 1 unspecified atom stereocenters. The molecule has 2 saturated heterocycles. The van der Waals surface area contributed by atoms with Crippen LogP contribution in [0.2, 0.25) is 0 Å². The van der Waals surface area contributed by atoms with E-state index in [0.29, 0.717) is 12.0 Å². The van der Waals surface area contributed by atoms with Crippen LogP contribution in [0.5, 0.6) is 0 Å². The number of ether oxygens (including phenoxy) is 1. The Hall–Kier alpha value is -0.160. The fourth-order valence-corrected chi connectivity index (χ4v) is 3.63. The van der Waals surface area contributed by atoms with E-state index in [-0.39, 0.29) is 5.54 Å². The lowest BCUT2D eigenvalue weighted by atomic mass is 9.79. The molecule has 1 atom stereocenters. The molecule has 3 N–H and O–H groups in total. The van der Waals surface area contributed by atoms with E-state index in [1.54, 1.807) is 0 Å². The standard InChI is InChI=1S/C14H29N3O/c1-14(2,17-8-4-3-5-9-17)13(16-15)12-6-10-18-11-7-12/h12-13,16H,3-11,15H2,1-2H3. The van der Waals surface area contributed by atoms with Crippen LogP contribution in [-0.4, -0.2) is 42.8 Å². The Balaban J connectivity index is 2.03. The van der Waals surface area contributed by atoms with Gasteiger partial charge in [-0.2, -0.15) is 0 Å². The molecule has 2 aliphatic rings. The first-order valence-electron chi connectivity index (χ1n) is 7.45. The number of hydrazine groups is 1. The van der Waals surface area contributed by atoms with Gasteiger partial charge in [-0.3, -0.25) is 16.2 Å². The summed E-state index contributed by atoms with van der Waals surface area (Å²) in [5.74, 6) is 6.52. The number of likely N-dealkylation sites (tertiary alicyclic amines) is 1. The second-order valence-electron chi connectivity index (χ2n) is 6.30. The Bertz CT molecular complexity index is 245. The molecule has 0 saturated carbocycles. The number of piperidine rings is 1. The van der Waals surface area contributed by atoms with Gasteiger partial charge in [0.2, 0.25) is 0 Å². The first-order valence-corrected chi connectivity index (χ1v) is 7.45. The van der Waals surface area contributed by atoms with E-state index >= 15 is 0 Å². The van der Waals surface area contributed by atoms with Gasteiger partial charge in [0.1, 0.15) is 0 Å². The van der Waals surface area contributed by atoms with Gasteiger partial charge in [0.25, 0.3) is 0 Å². The smallest absolute Gasteiger partial charge is 0.0469 e. The third-order valence-corrected chi connectivity index (χ3v) is 4.85. The number of hydrogen-bond acceptors (Lipinski definition) is 4. The van der Waals surface area contributed by atoms with Gasteiger partial charge in [-0.25, -0.2) is 0 Å². The Morgan fingerprint density at radius 1 is 1.17 bits per heavy atom. The lowest BCUT2D eigenvalue weighted by molar-refractivity contribution is -0.00127. The summed E-state index contributed by atoms with van der Waals surface area (Å²) in [4.78, 5) is 2.62. The van der Waals surface area contributed by atoms with E-state index in [2.05, 4.69) is 24.2 Å². The van der Waals surface area contributed by atoms with Gasteiger partial charge in [-0.15, -0.1) is 0 Å². The van der Waals surface area contributed by atoms with E-state index in [4.69, 9.17) is 10.6 Å². The lowest BCUT2D eigenvalue weighted by Crippen LogP contribution is -2.63. The quantitative estimate of drug-likeness (QED) is 0.590. The van der Waals surface area contributed by atoms with Gasteiger partial charge in [0, 0.05) is 24.8 Å². The predicted octanol–water partition coefficient (Wildman–Crippen LogP) is 1.51. The molecule has 0 aliphatic carbocycles. The number of nitrogens with zero attached hydrogens (tertiary/aromatic N) is 1. The summed E-state index contributed by atoms with van der Waals surface area (Å²) in [6.45, 7) is 8.90. The minimum atomic E-state index is 0.136. The zero-order valence-corrected chi connectivity index (χ0v) is 12.0. The number of nitrogens with one attached hydrogen (secondary N) is 1. The normalized spacial score (nSPS) is 26.2. The number of nitrogens with two attached hydrogens (primary N) is 1. The van der Waals surface area contributed by atoms with Crippen molar-refractivity contribution >= 4 is 0 Å². The van der Waals surface area contributed by atoms with Crippen molar-refractivity contribution in [1.29, 1.82) is 0 Å². The van der Waals surface area contributed by atoms with Gasteiger partial charge in [-0.1, -0.05) is 6.42 Å². The maximum atomic E-state index is 5.88. The molecule has 4 nitrogen and oxygen atoms in total. The van der Waals surface area contributed by atoms with E-state index in [0.717, 1.165) is 26.1 Å². The average Bonchev–Trinajstić information content (AvgIpc) is 2.41. The van der Waals surface area contributed by atoms with Gasteiger partial charge in [0.15, 0.2) is 0 Å². The molecular formula is C14H29N3O. The largest absolute Gasteiger partial charge is 0.381 e. The molecule has 2 heterocycles. The van der Waals surface area contributed by atoms with Crippen LogP contribution in [-0.2, 0) is 4.74 Å². The van der Waals surface area contributed by atoms with Crippen LogP contribution in [0.4, 0.5) is 0 Å². The molecule has 0 radical (unpaired) electrons. The summed E-state index contributed by atoms with van der Waals surface area (Å²) in [6, 6.07) is 0.361. The summed E-state index contributed by atoms with van der Waals surface area (Å²) in [6.07, 6.45) is 6.30. The van der Waals surface area contributed by atoms with Gasteiger partial charge in [-0.05, 0) is 58.5 Å². The maximum absolute atomic E-state index is 5.88. The van der Waals surface area contributed by atoms with Crippen LogP contribution in [0, 0.1) is 5.92 Å². The summed E-state index contributed by atoms with van der Waals surface area (Å²) in [5.41, 5.74) is 3.25. The second kappa shape index (κ2) is 6.33. The molecule has 0 aromatic rings. The van der Waals surface area contributed by atoms with Crippen molar-refractivity contribution in [2.75, 3.05) is 26.3 Å². The van der Waals surface area contributed by atoms with Gasteiger partial charge < -0.3 is 4.74 Å². The maximum Gasteiger partial charge on any atom is 0.0469 e. The van der Waals surface area contributed by atoms with Crippen molar-refractivity contribution in [3.63, 3.8) is 0 Å². The summed E-state index contributed by atoms with van der Waals surface area (Å²) in [7, 11) is 0. The molecule has 18 heavy (non-hydrogen) atoms. The van der Waals surface area contributed by atoms with Crippen molar-refractivity contribution in [2.24, 2.45) is 11.8 Å². The highest BCUT2D eigenvalue weighted by Gasteiger charge is 2.40. The molecule has 0 spiro atoms. The Morgan fingerprint density at radius 3 is 2.33 bits per heavy atom. The van der Waals surface area contributed by atoms with Crippen LogP contribution in [0.1, 0.15) is 46.0 Å². The van der Waals surface area contributed by atoms with Crippen LogP contribution >= 0.6 is 0 Å². The Kier molecular flexibility index (Phi) is 5.01. The molecule has 2 aliphatic heterocycles. The molecule has 2 fully saturated rings. The monoisotopic (exact) mass is 255 g/mol. The summed E-state index contributed by atoms with van der Waals surface area (Å²) >= 11 is 0. The van der Waals surface area contributed by atoms with Crippen molar-refractivity contribution in [2.45, 2.75) is 57.5 Å². The molecule has 4 heteroatoms. The first-order chi connectivity index (χ1) is 8.66. The fraction of sp³-hybridized carbons (Fsp3) is 1.00. The van der Waals surface area contributed by atoms with E-state index < -0.39 is 0 Å². The zero-order valence-electron chi connectivity index (χ0n) is 12.0. The van der Waals surface area contributed by atoms with Gasteiger partial charge in [0.05, 0.1) is 0 Å². The summed E-state index contributed by atoms with van der Waals surface area (Å²) < 4.78 is 5.47. The average molecular weight is 255 g/mol. The minimum absolute atomic E-state index is 0.136. The molecule has 0 aromatic heterocycles. The third-order valence-electron chi connectivity index (χ3n) is 4.85. The number of hydrogen-bond donors (Lipinski definition) is 2. The highest BCUT2D eigenvalue weighted by Crippen LogP contribution is 2.31. The van der Waals surface area contributed by atoms with Crippen LogP contribution in [0.25, 0.3) is 0 Å². The number of rotatable bonds is 4. The first kappa shape index (κ1) is 14.3. The van der Waals surface area contributed by atoms with Crippen LogP contribution < -0.4 is 11.3 Å². The van der Waals surface area contributed by atoms with Gasteiger partial charge >= 0.3 is 0 Å². The third kappa shape index (κ3) is 3.05. The predicted molar refractivity (Wildman–Crippen MR) is 74.2 cm³/mol. The van der Waals surface area contributed by atoms with Crippen molar-refractivity contribution in [3.8, 4) is 0 Å². The molecular weight excluding hydrogens is 226 g/mol. The molecule has 0 aromatic carbocycles. The van der Waals surface area contributed by atoms with E-state index in [9.17, 15) is 0 Å². The molecule has 106 valence electrons. The molecule has 2 rings (SSSR count). The molecule has 0 amide bonds. The SMILES string of the molecule is CC(C)(C(NN)C1CCOCC1)N1CCCCC1. The van der Waals surface area contributed by atoms with Crippen molar-refractivity contribution < 1.29 is 4.74 Å². The summed E-state index contributed by atoms with van der Waals surface area (Å²) in [5, 5.41) is 0. The van der Waals surface area contributed by atoms with E-state index in [1.165, 1.54) is 32.4 Å². The van der Waals surface area contributed by atoms with Crippen LogP contribution in [0.15, 0.2) is 0 Å².